The van der Waals surface area contributed by atoms with E-state index in [1.165, 1.54) is 4.90 Å². The van der Waals surface area contributed by atoms with Gasteiger partial charge in [0.15, 0.2) is 5.11 Å². The molecule has 1 N–H and O–H groups in total. The lowest BCUT2D eigenvalue weighted by Crippen LogP contribution is -2.54. The summed E-state index contributed by atoms with van der Waals surface area (Å²) in [5.74, 6) is -0.287. The van der Waals surface area contributed by atoms with Crippen molar-refractivity contribution in [3.05, 3.63) is 116 Å². The summed E-state index contributed by atoms with van der Waals surface area (Å²) in [4.78, 5) is 27.9. The van der Waals surface area contributed by atoms with Gasteiger partial charge in [-0.1, -0.05) is 41.4 Å². The first kappa shape index (κ1) is 28.6. The maximum atomic E-state index is 13.6. The number of anilines is 1. The van der Waals surface area contributed by atoms with Gasteiger partial charge in [-0.2, -0.15) is 0 Å². The van der Waals surface area contributed by atoms with Gasteiger partial charge in [0.25, 0.3) is 11.8 Å². The van der Waals surface area contributed by atoms with Crippen LogP contribution in [0.5, 0.6) is 5.75 Å². The monoisotopic (exact) mass is 603 g/mol. The highest BCUT2D eigenvalue weighted by Gasteiger charge is 2.35. The number of nitrogens with one attached hydrogen (secondary N) is 1. The van der Waals surface area contributed by atoms with E-state index >= 15 is 0 Å². The second kappa shape index (κ2) is 11.5. The molecule has 1 aliphatic rings. The van der Waals surface area contributed by atoms with E-state index in [2.05, 4.69) is 9.88 Å². The van der Waals surface area contributed by atoms with Crippen LogP contribution in [0.1, 0.15) is 33.6 Å². The third-order valence-corrected chi connectivity index (χ3v) is 8.06. The molecule has 0 spiro atoms. The van der Waals surface area contributed by atoms with Crippen LogP contribution in [0.3, 0.4) is 0 Å². The number of carbonyl (C=O) groups excluding carboxylic acids is 2. The summed E-state index contributed by atoms with van der Waals surface area (Å²) < 4.78 is 7.98. The number of rotatable bonds is 6. The van der Waals surface area contributed by atoms with E-state index in [1.54, 1.807) is 18.2 Å². The fourth-order valence-electron chi connectivity index (χ4n) is 4.83. The largest absolute Gasteiger partial charge is 0.489 e. The lowest BCUT2D eigenvalue weighted by atomic mass is 10.0. The summed E-state index contributed by atoms with van der Waals surface area (Å²) in [6.07, 6.45) is 1.63. The molecule has 3 aromatic carbocycles. The Morgan fingerprint density at radius 3 is 2.39 bits per heavy atom. The normalized spacial score (nSPS) is 14.5. The summed E-state index contributed by atoms with van der Waals surface area (Å²) in [6.45, 7) is 8.13. The standard InChI is InChI=1S/C32H27Cl2N3O3S/c1-18-6-5-7-29(20(18)3)37-31(39)27(30(38)35-32(37)41)15-23-14-19(2)36(21(23)4)25-10-12-26(13-11-25)40-17-22-8-9-24(33)16-28(22)34/h5-16H,17H2,1-4H3,(H,35,38,41)/b27-15+. The van der Waals surface area contributed by atoms with Gasteiger partial charge in [-0.05, 0) is 111 Å². The van der Waals surface area contributed by atoms with Crippen LogP contribution in [-0.4, -0.2) is 21.5 Å². The zero-order valence-corrected chi connectivity index (χ0v) is 25.2. The Morgan fingerprint density at radius 2 is 1.68 bits per heavy atom. The Kier molecular flexibility index (Phi) is 8.04. The van der Waals surface area contributed by atoms with Crippen LogP contribution >= 0.6 is 35.4 Å². The number of carbonyl (C=O) groups is 2. The van der Waals surface area contributed by atoms with Gasteiger partial charge in [0, 0.05) is 32.7 Å². The Balaban J connectivity index is 1.40. The number of hydrogen-bond donors (Lipinski definition) is 1. The minimum Gasteiger partial charge on any atom is -0.489 e. The number of aromatic nitrogens is 1. The van der Waals surface area contributed by atoms with Gasteiger partial charge in [0.05, 0.1) is 5.69 Å². The Hall–Kier alpha value is -3.91. The highest BCUT2D eigenvalue weighted by molar-refractivity contribution is 7.80. The third kappa shape index (κ3) is 5.66. The summed E-state index contributed by atoms with van der Waals surface area (Å²) in [7, 11) is 0. The van der Waals surface area contributed by atoms with Gasteiger partial charge in [0.1, 0.15) is 17.9 Å². The number of halogens is 2. The summed E-state index contributed by atoms with van der Waals surface area (Å²) in [5, 5.41) is 3.87. The molecule has 5 rings (SSSR count). The van der Waals surface area contributed by atoms with E-state index in [0.29, 0.717) is 28.1 Å². The summed E-state index contributed by atoms with van der Waals surface area (Å²) in [6, 6.07) is 20.6. The van der Waals surface area contributed by atoms with Crippen molar-refractivity contribution in [2.45, 2.75) is 34.3 Å². The molecule has 2 heterocycles. The topological polar surface area (TPSA) is 63.6 Å². The highest BCUT2D eigenvalue weighted by atomic mass is 35.5. The highest BCUT2D eigenvalue weighted by Crippen LogP contribution is 2.29. The average molecular weight is 605 g/mol. The zero-order valence-electron chi connectivity index (χ0n) is 22.9. The molecule has 2 amide bonds. The van der Waals surface area contributed by atoms with Crippen molar-refractivity contribution in [2.75, 3.05) is 4.90 Å². The first-order valence-electron chi connectivity index (χ1n) is 12.9. The minimum atomic E-state index is -0.520. The van der Waals surface area contributed by atoms with Crippen LogP contribution in [0.15, 0.2) is 72.3 Å². The van der Waals surface area contributed by atoms with Gasteiger partial charge in [0.2, 0.25) is 0 Å². The number of hydrogen-bond acceptors (Lipinski definition) is 4. The fourth-order valence-corrected chi connectivity index (χ4v) is 5.57. The quantitative estimate of drug-likeness (QED) is 0.141. The van der Waals surface area contributed by atoms with Crippen LogP contribution in [0.2, 0.25) is 10.0 Å². The second-order valence-corrected chi connectivity index (χ2v) is 11.1. The molecule has 6 nitrogen and oxygen atoms in total. The van der Waals surface area contributed by atoms with Gasteiger partial charge in [-0.3, -0.25) is 19.8 Å². The smallest absolute Gasteiger partial charge is 0.270 e. The molecule has 208 valence electrons. The molecule has 1 aliphatic heterocycles. The predicted octanol–water partition coefficient (Wildman–Crippen LogP) is 7.43. The number of thiocarbonyl (C=S) groups is 1. The van der Waals surface area contributed by atoms with Crippen molar-refractivity contribution in [2.24, 2.45) is 0 Å². The van der Waals surface area contributed by atoms with E-state index in [-0.39, 0.29) is 10.7 Å². The van der Waals surface area contributed by atoms with Crippen molar-refractivity contribution in [3.63, 3.8) is 0 Å². The lowest BCUT2D eigenvalue weighted by Gasteiger charge is -2.30. The number of amides is 2. The first-order valence-corrected chi connectivity index (χ1v) is 14.1. The van der Waals surface area contributed by atoms with Crippen molar-refractivity contribution >= 4 is 64.1 Å². The average Bonchev–Trinajstić information content (AvgIpc) is 3.21. The van der Waals surface area contributed by atoms with Gasteiger partial charge in [-0.15, -0.1) is 0 Å². The number of benzene rings is 3. The lowest BCUT2D eigenvalue weighted by molar-refractivity contribution is -0.122. The van der Waals surface area contributed by atoms with E-state index in [4.69, 9.17) is 40.2 Å². The molecule has 1 aromatic heterocycles. The van der Waals surface area contributed by atoms with Gasteiger partial charge in [-0.25, -0.2) is 0 Å². The number of nitrogens with zero attached hydrogens (tertiary/aromatic N) is 2. The molecule has 4 aromatic rings. The molecule has 41 heavy (non-hydrogen) atoms. The molecule has 0 saturated carbocycles. The number of ether oxygens (including phenoxy) is 1. The Morgan fingerprint density at radius 1 is 0.951 bits per heavy atom. The molecule has 0 unspecified atom stereocenters. The maximum Gasteiger partial charge on any atom is 0.270 e. The van der Waals surface area contributed by atoms with Gasteiger partial charge < -0.3 is 9.30 Å². The molecule has 0 aliphatic carbocycles. The van der Waals surface area contributed by atoms with Crippen LogP contribution in [0.25, 0.3) is 11.8 Å². The molecular weight excluding hydrogens is 577 g/mol. The minimum absolute atomic E-state index is 0.0179. The van der Waals surface area contributed by atoms with E-state index in [9.17, 15) is 9.59 Å². The Labute approximate surface area is 254 Å². The van der Waals surface area contributed by atoms with Crippen LogP contribution in [0, 0.1) is 27.7 Å². The first-order chi connectivity index (χ1) is 19.5. The van der Waals surface area contributed by atoms with Crippen LogP contribution in [-0.2, 0) is 16.2 Å². The fraction of sp³-hybridized carbons (Fsp3) is 0.156. The van der Waals surface area contributed by atoms with Crippen molar-refractivity contribution in [1.82, 2.24) is 9.88 Å². The molecule has 0 bridgehead atoms. The van der Waals surface area contributed by atoms with Gasteiger partial charge >= 0.3 is 0 Å². The SMILES string of the molecule is Cc1cccc(N2C(=O)/C(=C/c3cc(C)n(-c4ccc(OCc5ccc(Cl)cc5Cl)cc4)c3C)C(=O)NC2=S)c1C. The van der Waals surface area contributed by atoms with Crippen molar-refractivity contribution in [1.29, 1.82) is 0 Å². The molecule has 1 fully saturated rings. The predicted molar refractivity (Wildman–Crippen MR) is 168 cm³/mol. The molecule has 9 heteroatoms. The van der Waals surface area contributed by atoms with Crippen molar-refractivity contribution in [3.8, 4) is 11.4 Å². The van der Waals surface area contributed by atoms with Crippen LogP contribution in [0.4, 0.5) is 5.69 Å². The van der Waals surface area contributed by atoms with E-state index in [1.807, 2.05) is 82.3 Å². The maximum absolute atomic E-state index is 13.6. The van der Waals surface area contributed by atoms with Crippen molar-refractivity contribution < 1.29 is 14.3 Å². The third-order valence-electron chi connectivity index (χ3n) is 7.19. The molecule has 0 radical (unpaired) electrons. The molecule has 1 saturated heterocycles. The van der Waals surface area contributed by atoms with E-state index < -0.39 is 11.8 Å². The molecular formula is C32H27Cl2N3O3S. The van der Waals surface area contributed by atoms with E-state index in [0.717, 1.165) is 39.3 Å². The number of aryl methyl sites for hydroxylation is 2. The summed E-state index contributed by atoms with van der Waals surface area (Å²) in [5.41, 5.74) is 6.95. The molecule has 0 atom stereocenters. The Bertz CT molecular complexity index is 1740. The zero-order chi connectivity index (χ0) is 29.4. The second-order valence-electron chi connectivity index (χ2n) is 9.86. The summed E-state index contributed by atoms with van der Waals surface area (Å²) >= 11 is 17.6. The van der Waals surface area contributed by atoms with Crippen LogP contribution < -0.4 is 15.0 Å².